The summed E-state index contributed by atoms with van der Waals surface area (Å²) in [4.78, 5) is 22.8. The lowest BCUT2D eigenvalue weighted by molar-refractivity contribution is -0.137. The molecule has 100 valence electrons. The van der Waals surface area contributed by atoms with E-state index in [9.17, 15) is 9.59 Å². The van der Waals surface area contributed by atoms with E-state index in [2.05, 4.69) is 5.10 Å². The third kappa shape index (κ3) is 2.93. The molecule has 1 N–H and O–H groups in total. The highest BCUT2D eigenvalue weighted by Gasteiger charge is 2.34. The van der Waals surface area contributed by atoms with Crippen LogP contribution in [0.2, 0.25) is 5.02 Å². The second kappa shape index (κ2) is 5.40. The van der Waals surface area contributed by atoms with Crippen LogP contribution in [0.1, 0.15) is 19.8 Å². The first-order chi connectivity index (χ1) is 8.99. The van der Waals surface area contributed by atoms with Gasteiger partial charge in [-0.15, -0.1) is 0 Å². The number of nitrogens with zero attached hydrogens (tertiary/aromatic N) is 2. The lowest BCUT2D eigenvalue weighted by Crippen LogP contribution is -2.27. The minimum atomic E-state index is -0.912. The minimum Gasteiger partial charge on any atom is -0.481 e. The van der Waals surface area contributed by atoms with Crippen LogP contribution in [-0.4, -0.2) is 22.7 Å². The molecule has 1 atom stereocenters. The van der Waals surface area contributed by atoms with Crippen LogP contribution in [0.15, 0.2) is 29.4 Å². The van der Waals surface area contributed by atoms with E-state index in [1.807, 2.05) is 0 Å². The molecule has 2 rings (SSSR count). The van der Waals surface area contributed by atoms with Crippen LogP contribution in [0, 0.1) is 5.92 Å². The zero-order valence-corrected chi connectivity index (χ0v) is 11.1. The summed E-state index contributed by atoms with van der Waals surface area (Å²) in [6.45, 7) is 1.74. The van der Waals surface area contributed by atoms with Gasteiger partial charge in [0.2, 0.25) is 0 Å². The molecule has 0 saturated heterocycles. The monoisotopic (exact) mass is 280 g/mol. The van der Waals surface area contributed by atoms with Crippen molar-refractivity contribution < 1.29 is 14.7 Å². The van der Waals surface area contributed by atoms with Crippen LogP contribution in [0.4, 0.5) is 5.69 Å². The van der Waals surface area contributed by atoms with Crippen LogP contribution in [0.3, 0.4) is 0 Å². The highest BCUT2D eigenvalue weighted by atomic mass is 35.5. The molecule has 6 heteroatoms. The number of anilines is 1. The summed E-state index contributed by atoms with van der Waals surface area (Å²) in [6.07, 6.45) is 0.227. The fourth-order valence-corrected chi connectivity index (χ4v) is 2.10. The summed E-state index contributed by atoms with van der Waals surface area (Å²) >= 11 is 5.79. The first-order valence-electron chi connectivity index (χ1n) is 5.85. The third-order valence-electron chi connectivity index (χ3n) is 2.99. The molecule has 0 aliphatic carbocycles. The molecular formula is C13H13ClN2O3. The van der Waals surface area contributed by atoms with Gasteiger partial charge in [-0.2, -0.15) is 5.10 Å². The summed E-state index contributed by atoms with van der Waals surface area (Å²) < 4.78 is 0. The third-order valence-corrected chi connectivity index (χ3v) is 3.24. The van der Waals surface area contributed by atoms with Crippen molar-refractivity contribution in [3.63, 3.8) is 0 Å². The minimum absolute atomic E-state index is 0.0439. The van der Waals surface area contributed by atoms with E-state index in [0.29, 0.717) is 16.4 Å². The molecule has 1 amide bonds. The Morgan fingerprint density at radius 3 is 2.63 bits per heavy atom. The Morgan fingerprint density at radius 2 is 2.05 bits per heavy atom. The number of hydrogen-bond donors (Lipinski definition) is 1. The Kier molecular flexibility index (Phi) is 3.85. The van der Waals surface area contributed by atoms with Gasteiger partial charge in [0.1, 0.15) is 0 Å². The highest BCUT2D eigenvalue weighted by molar-refractivity contribution is 6.30. The second-order valence-electron chi connectivity index (χ2n) is 4.35. The van der Waals surface area contributed by atoms with Gasteiger partial charge in [0, 0.05) is 17.2 Å². The van der Waals surface area contributed by atoms with Crippen molar-refractivity contribution >= 4 is 34.9 Å². The van der Waals surface area contributed by atoms with Crippen LogP contribution in [0.25, 0.3) is 0 Å². The number of carboxylic acid groups (broad SMARTS) is 1. The van der Waals surface area contributed by atoms with E-state index in [-0.39, 0.29) is 18.7 Å². The highest BCUT2D eigenvalue weighted by Crippen LogP contribution is 2.27. The average Bonchev–Trinajstić information content (AvgIpc) is 2.63. The summed E-state index contributed by atoms with van der Waals surface area (Å²) in [5, 5.41) is 14.8. The lowest BCUT2D eigenvalue weighted by Gasteiger charge is -2.13. The average molecular weight is 281 g/mol. The summed E-state index contributed by atoms with van der Waals surface area (Å²) in [7, 11) is 0. The fraction of sp³-hybridized carbons (Fsp3) is 0.308. The molecule has 0 bridgehead atoms. The molecule has 1 unspecified atom stereocenters. The maximum atomic E-state index is 12.2. The Balaban J connectivity index is 2.15. The van der Waals surface area contributed by atoms with Gasteiger partial charge >= 0.3 is 5.97 Å². The maximum absolute atomic E-state index is 12.2. The first-order valence-corrected chi connectivity index (χ1v) is 6.23. The van der Waals surface area contributed by atoms with Crippen LogP contribution in [-0.2, 0) is 9.59 Å². The zero-order chi connectivity index (χ0) is 14.0. The number of carbonyl (C=O) groups excluding carboxylic acids is 1. The van der Waals surface area contributed by atoms with Gasteiger partial charge in [-0.25, -0.2) is 5.01 Å². The number of hydrazone groups is 1. The Morgan fingerprint density at radius 1 is 1.42 bits per heavy atom. The lowest BCUT2D eigenvalue weighted by atomic mass is 9.98. The van der Waals surface area contributed by atoms with Crippen molar-refractivity contribution in [3.8, 4) is 0 Å². The molecule has 19 heavy (non-hydrogen) atoms. The fourth-order valence-electron chi connectivity index (χ4n) is 1.97. The van der Waals surface area contributed by atoms with Crippen molar-refractivity contribution in [2.45, 2.75) is 19.8 Å². The molecule has 0 aromatic heterocycles. The van der Waals surface area contributed by atoms with Gasteiger partial charge in [0.25, 0.3) is 5.91 Å². The quantitative estimate of drug-likeness (QED) is 0.921. The number of rotatable bonds is 4. The molecule has 5 nitrogen and oxygen atoms in total. The van der Waals surface area contributed by atoms with E-state index in [0.717, 1.165) is 0 Å². The van der Waals surface area contributed by atoms with Gasteiger partial charge < -0.3 is 5.11 Å². The molecule has 1 heterocycles. The number of carbonyl (C=O) groups is 2. The molecule has 1 aromatic carbocycles. The van der Waals surface area contributed by atoms with Gasteiger partial charge in [-0.1, -0.05) is 11.6 Å². The van der Waals surface area contributed by atoms with Crippen molar-refractivity contribution in [1.29, 1.82) is 0 Å². The van der Waals surface area contributed by atoms with Crippen molar-refractivity contribution in [3.05, 3.63) is 29.3 Å². The van der Waals surface area contributed by atoms with Crippen molar-refractivity contribution in [1.82, 2.24) is 0 Å². The number of aliphatic carboxylic acids is 1. The van der Waals surface area contributed by atoms with Crippen molar-refractivity contribution in [2.75, 3.05) is 5.01 Å². The Hall–Kier alpha value is -1.88. The molecule has 0 saturated carbocycles. The van der Waals surface area contributed by atoms with Gasteiger partial charge in [0.05, 0.1) is 11.6 Å². The topological polar surface area (TPSA) is 70.0 Å². The van der Waals surface area contributed by atoms with Gasteiger partial charge in [-0.05, 0) is 37.6 Å². The van der Waals surface area contributed by atoms with E-state index in [4.69, 9.17) is 16.7 Å². The number of hydrogen-bond acceptors (Lipinski definition) is 3. The largest absolute Gasteiger partial charge is 0.481 e. The molecule has 0 radical (unpaired) electrons. The summed E-state index contributed by atoms with van der Waals surface area (Å²) in [5.41, 5.74) is 1.27. The maximum Gasteiger partial charge on any atom is 0.303 e. The van der Waals surface area contributed by atoms with E-state index in [1.165, 1.54) is 5.01 Å². The molecule has 1 aliphatic heterocycles. The number of carboxylic acids is 1. The summed E-state index contributed by atoms with van der Waals surface area (Å²) in [6, 6.07) is 6.77. The smallest absolute Gasteiger partial charge is 0.303 e. The Bertz CT molecular complexity index is 539. The standard InChI is InChI=1S/C13H13ClN2O3/c1-8-11(6-7-12(17)18)13(19)16(15-8)10-4-2-9(14)3-5-10/h2-5,11H,6-7H2,1H3,(H,17,18). The molecule has 1 aliphatic rings. The van der Waals surface area contributed by atoms with Crippen LogP contribution >= 0.6 is 11.6 Å². The zero-order valence-electron chi connectivity index (χ0n) is 10.3. The van der Waals surface area contributed by atoms with E-state index < -0.39 is 11.9 Å². The molecule has 1 aromatic rings. The SMILES string of the molecule is CC1=NN(c2ccc(Cl)cc2)C(=O)C1CCC(=O)O. The second-order valence-corrected chi connectivity index (χ2v) is 4.79. The summed E-state index contributed by atoms with van der Waals surface area (Å²) in [5.74, 6) is -1.56. The number of amides is 1. The van der Waals surface area contributed by atoms with E-state index >= 15 is 0 Å². The number of halogens is 1. The predicted octanol–water partition coefficient (Wildman–Crippen LogP) is 2.54. The number of benzene rings is 1. The van der Waals surface area contributed by atoms with E-state index in [1.54, 1.807) is 31.2 Å². The van der Waals surface area contributed by atoms with Gasteiger partial charge in [-0.3, -0.25) is 9.59 Å². The molecular weight excluding hydrogens is 268 g/mol. The van der Waals surface area contributed by atoms with Crippen molar-refractivity contribution in [2.24, 2.45) is 11.0 Å². The van der Waals surface area contributed by atoms with Crippen LogP contribution < -0.4 is 5.01 Å². The predicted molar refractivity (Wildman–Crippen MR) is 72.4 cm³/mol. The normalized spacial score (nSPS) is 18.6. The molecule has 0 spiro atoms. The first kappa shape index (κ1) is 13.5. The Labute approximate surface area is 115 Å². The molecule has 0 fully saturated rings. The van der Waals surface area contributed by atoms with Crippen LogP contribution in [0.5, 0.6) is 0 Å². The van der Waals surface area contributed by atoms with Gasteiger partial charge in [0.15, 0.2) is 0 Å².